The minimum atomic E-state index is -0.133. The van der Waals surface area contributed by atoms with Gasteiger partial charge < -0.3 is 15.3 Å². The van der Waals surface area contributed by atoms with Crippen LogP contribution < -0.4 is 11.2 Å². The highest BCUT2D eigenvalue weighted by Gasteiger charge is 2.09. The lowest BCUT2D eigenvalue weighted by Crippen LogP contribution is -2.04. The van der Waals surface area contributed by atoms with Gasteiger partial charge in [-0.3, -0.25) is 4.79 Å². The Hall–Kier alpha value is -2.75. The zero-order valence-electron chi connectivity index (χ0n) is 9.96. The smallest absolute Gasteiger partial charge is 0.200 e. The molecular weight excluding hydrogens is 242 g/mol. The second-order valence-corrected chi connectivity index (χ2v) is 4.28. The van der Waals surface area contributed by atoms with Gasteiger partial charge in [0.1, 0.15) is 17.6 Å². The molecule has 1 aromatic heterocycles. The van der Waals surface area contributed by atoms with Gasteiger partial charge in [-0.2, -0.15) is 0 Å². The summed E-state index contributed by atoms with van der Waals surface area (Å²) in [7, 11) is 0. The fourth-order valence-electron chi connectivity index (χ4n) is 1.98. The summed E-state index contributed by atoms with van der Waals surface area (Å²) in [6.07, 6.45) is 1.40. The topological polar surface area (TPSA) is 76.5 Å². The van der Waals surface area contributed by atoms with Crippen molar-refractivity contribution in [1.82, 2.24) is 0 Å². The molecule has 2 aromatic carbocycles. The Morgan fingerprint density at radius 3 is 2.53 bits per heavy atom. The van der Waals surface area contributed by atoms with Crippen LogP contribution in [0.25, 0.3) is 22.1 Å². The van der Waals surface area contributed by atoms with Gasteiger partial charge in [-0.05, 0) is 29.8 Å². The molecule has 3 rings (SSSR count). The van der Waals surface area contributed by atoms with Gasteiger partial charge in [0, 0.05) is 11.8 Å². The molecule has 0 bridgehead atoms. The zero-order chi connectivity index (χ0) is 13.4. The molecule has 1 heterocycles. The van der Waals surface area contributed by atoms with E-state index in [-0.39, 0.29) is 11.2 Å². The Kier molecular flexibility index (Phi) is 2.49. The SMILES string of the molecule is Nc1ccc(-c2coc3cc(O)ccc3c2=O)cc1. The summed E-state index contributed by atoms with van der Waals surface area (Å²) in [6.45, 7) is 0. The lowest BCUT2D eigenvalue weighted by molar-refractivity contribution is 0.474. The number of aromatic hydroxyl groups is 1. The second kappa shape index (κ2) is 4.17. The van der Waals surface area contributed by atoms with Crippen LogP contribution in [0.2, 0.25) is 0 Å². The van der Waals surface area contributed by atoms with Crippen molar-refractivity contribution in [2.45, 2.75) is 0 Å². The van der Waals surface area contributed by atoms with Crippen LogP contribution in [0.3, 0.4) is 0 Å². The molecule has 3 N–H and O–H groups in total. The number of fused-ring (bicyclic) bond motifs is 1. The van der Waals surface area contributed by atoms with E-state index in [9.17, 15) is 9.90 Å². The first-order valence-corrected chi connectivity index (χ1v) is 5.75. The highest BCUT2D eigenvalue weighted by atomic mass is 16.3. The molecule has 0 aliphatic rings. The first kappa shape index (κ1) is 11.3. The molecule has 4 nitrogen and oxygen atoms in total. The third-order valence-electron chi connectivity index (χ3n) is 2.98. The van der Waals surface area contributed by atoms with Crippen LogP contribution in [-0.4, -0.2) is 5.11 Å². The van der Waals surface area contributed by atoms with E-state index < -0.39 is 0 Å². The van der Waals surface area contributed by atoms with Crippen LogP contribution in [0.1, 0.15) is 0 Å². The van der Waals surface area contributed by atoms with E-state index in [1.165, 1.54) is 18.4 Å². The molecular formula is C15H11NO3. The summed E-state index contributed by atoms with van der Waals surface area (Å²) in [5.41, 5.74) is 7.71. The molecule has 94 valence electrons. The number of hydrogen-bond acceptors (Lipinski definition) is 4. The van der Waals surface area contributed by atoms with Gasteiger partial charge in [0.2, 0.25) is 0 Å². The summed E-state index contributed by atoms with van der Waals surface area (Å²) < 4.78 is 5.40. The van der Waals surface area contributed by atoms with Crippen LogP contribution >= 0.6 is 0 Å². The molecule has 0 saturated carbocycles. The van der Waals surface area contributed by atoms with Gasteiger partial charge in [-0.1, -0.05) is 12.1 Å². The molecule has 0 unspecified atom stereocenters. The summed E-state index contributed by atoms with van der Waals surface area (Å²) in [6, 6.07) is 11.4. The number of anilines is 1. The molecule has 0 aliphatic heterocycles. The largest absolute Gasteiger partial charge is 0.508 e. The molecule has 0 radical (unpaired) electrons. The quantitative estimate of drug-likeness (QED) is 0.654. The Morgan fingerprint density at radius 2 is 1.79 bits per heavy atom. The molecule has 0 aliphatic carbocycles. The van der Waals surface area contributed by atoms with E-state index in [0.717, 1.165) is 5.56 Å². The zero-order valence-corrected chi connectivity index (χ0v) is 9.96. The number of benzene rings is 2. The van der Waals surface area contributed by atoms with Gasteiger partial charge in [0.05, 0.1) is 10.9 Å². The lowest BCUT2D eigenvalue weighted by Gasteiger charge is -2.03. The van der Waals surface area contributed by atoms with Gasteiger partial charge in [-0.25, -0.2) is 0 Å². The molecule has 4 heteroatoms. The normalized spacial score (nSPS) is 10.7. The van der Waals surface area contributed by atoms with Crippen LogP contribution in [-0.2, 0) is 0 Å². The third kappa shape index (κ3) is 1.93. The Labute approximate surface area is 108 Å². The van der Waals surface area contributed by atoms with Crippen molar-refractivity contribution in [3.63, 3.8) is 0 Å². The number of nitrogens with two attached hydrogens (primary N) is 1. The van der Waals surface area contributed by atoms with Gasteiger partial charge in [0.25, 0.3) is 0 Å². The molecule has 0 amide bonds. The molecule has 0 fully saturated rings. The van der Waals surface area contributed by atoms with Crippen molar-refractivity contribution in [3.05, 3.63) is 59.0 Å². The summed E-state index contributed by atoms with van der Waals surface area (Å²) >= 11 is 0. The number of phenolic OH excluding ortho intramolecular Hbond substituents is 1. The summed E-state index contributed by atoms with van der Waals surface area (Å²) in [5, 5.41) is 9.80. The Bertz CT molecular complexity index is 804. The van der Waals surface area contributed by atoms with Crippen molar-refractivity contribution < 1.29 is 9.52 Å². The standard InChI is InChI=1S/C15H11NO3/c16-10-3-1-9(2-4-10)13-8-19-14-7-11(17)5-6-12(14)15(13)18/h1-8,17H,16H2. The molecule has 0 saturated heterocycles. The number of rotatable bonds is 1. The van der Waals surface area contributed by atoms with Gasteiger partial charge in [0.15, 0.2) is 5.43 Å². The minimum Gasteiger partial charge on any atom is -0.508 e. The van der Waals surface area contributed by atoms with Crippen LogP contribution in [0.15, 0.2) is 57.9 Å². The van der Waals surface area contributed by atoms with Crippen LogP contribution in [0.5, 0.6) is 5.75 Å². The van der Waals surface area contributed by atoms with E-state index in [0.29, 0.717) is 22.2 Å². The van der Waals surface area contributed by atoms with E-state index in [1.54, 1.807) is 30.3 Å². The highest BCUT2D eigenvalue weighted by Crippen LogP contribution is 2.22. The number of nitrogen functional groups attached to an aromatic ring is 1. The van der Waals surface area contributed by atoms with Crippen LogP contribution in [0.4, 0.5) is 5.69 Å². The fraction of sp³-hybridized carbons (Fsp3) is 0. The molecule has 0 atom stereocenters. The van der Waals surface area contributed by atoms with Gasteiger partial charge in [-0.15, -0.1) is 0 Å². The van der Waals surface area contributed by atoms with Crippen molar-refractivity contribution >= 4 is 16.7 Å². The maximum absolute atomic E-state index is 12.4. The average Bonchev–Trinajstić information content (AvgIpc) is 2.40. The Balaban J connectivity index is 2.26. The first-order valence-electron chi connectivity index (χ1n) is 5.75. The van der Waals surface area contributed by atoms with E-state index in [1.807, 2.05) is 0 Å². The van der Waals surface area contributed by atoms with Crippen molar-refractivity contribution in [2.75, 3.05) is 5.73 Å². The van der Waals surface area contributed by atoms with E-state index >= 15 is 0 Å². The maximum Gasteiger partial charge on any atom is 0.200 e. The fourth-order valence-corrected chi connectivity index (χ4v) is 1.98. The predicted octanol–water partition coefficient (Wildman–Crippen LogP) is 2.75. The van der Waals surface area contributed by atoms with Crippen molar-refractivity contribution in [2.24, 2.45) is 0 Å². The van der Waals surface area contributed by atoms with Crippen LogP contribution in [0, 0.1) is 0 Å². The first-order chi connectivity index (χ1) is 9.15. The average molecular weight is 253 g/mol. The molecule has 3 aromatic rings. The summed E-state index contributed by atoms with van der Waals surface area (Å²) in [5.74, 6) is 0.0656. The minimum absolute atomic E-state index is 0.0656. The van der Waals surface area contributed by atoms with Crippen molar-refractivity contribution in [1.29, 1.82) is 0 Å². The lowest BCUT2D eigenvalue weighted by atomic mass is 10.1. The predicted molar refractivity (Wildman–Crippen MR) is 74.0 cm³/mol. The maximum atomic E-state index is 12.4. The van der Waals surface area contributed by atoms with E-state index in [2.05, 4.69) is 0 Å². The van der Waals surface area contributed by atoms with Crippen molar-refractivity contribution in [3.8, 4) is 16.9 Å². The third-order valence-corrected chi connectivity index (χ3v) is 2.98. The highest BCUT2D eigenvalue weighted by molar-refractivity contribution is 5.82. The molecule has 19 heavy (non-hydrogen) atoms. The Morgan fingerprint density at radius 1 is 1.05 bits per heavy atom. The monoisotopic (exact) mass is 253 g/mol. The van der Waals surface area contributed by atoms with Gasteiger partial charge >= 0.3 is 0 Å². The van der Waals surface area contributed by atoms with E-state index in [4.69, 9.17) is 10.2 Å². The summed E-state index contributed by atoms with van der Waals surface area (Å²) in [4.78, 5) is 12.4. The number of hydrogen-bond donors (Lipinski definition) is 2. The number of phenols is 1. The second-order valence-electron chi connectivity index (χ2n) is 4.28. The molecule has 0 spiro atoms.